The number of amides is 2. The normalized spacial score (nSPS) is 14.7. The van der Waals surface area contributed by atoms with E-state index in [0.717, 1.165) is 18.2 Å². The van der Waals surface area contributed by atoms with Crippen molar-refractivity contribution >= 4 is 23.2 Å². The molecule has 0 radical (unpaired) electrons. The highest BCUT2D eigenvalue weighted by Crippen LogP contribution is 2.41. The quantitative estimate of drug-likeness (QED) is 0.737. The zero-order valence-corrected chi connectivity index (χ0v) is 11.3. The van der Waals surface area contributed by atoms with Crippen LogP contribution in [-0.2, 0) is 9.59 Å². The number of rotatable bonds is 1. The Bertz CT molecular complexity index is 655. The second-order valence-electron chi connectivity index (χ2n) is 4.46. The minimum atomic E-state index is -5.31. The van der Waals surface area contributed by atoms with Crippen molar-refractivity contribution in [3.8, 4) is 5.75 Å². The van der Waals surface area contributed by atoms with Crippen LogP contribution in [0.2, 0.25) is 0 Å². The molecule has 1 aromatic carbocycles. The number of ether oxygens (including phenoxy) is 1. The largest absolute Gasteiger partial charge is 0.497 e. The smallest absolute Gasteiger partial charge is 0.471 e. The maximum Gasteiger partial charge on any atom is 0.471 e. The maximum atomic E-state index is 12.6. The third-order valence-electron chi connectivity index (χ3n) is 3.02. The molecule has 0 atom stereocenters. The standard InChI is InChI=1S/C12H8F6N2O3/c1-23-6-2-3-7-8(4-6)20(10(22)12(16,17)18)5-19(7)9(21)11(13,14)15/h2-4H,5H2,1H3. The molecule has 0 N–H and O–H groups in total. The summed E-state index contributed by atoms with van der Waals surface area (Å²) in [5.41, 5.74) is -0.963. The molecule has 0 unspecified atom stereocenters. The van der Waals surface area contributed by atoms with E-state index in [0.29, 0.717) is 0 Å². The average Bonchev–Trinajstić information content (AvgIpc) is 2.81. The highest BCUT2D eigenvalue weighted by atomic mass is 19.4. The molecular weight excluding hydrogens is 334 g/mol. The van der Waals surface area contributed by atoms with Crippen LogP contribution in [0, 0.1) is 0 Å². The molecule has 1 aliphatic rings. The summed E-state index contributed by atoms with van der Waals surface area (Å²) in [4.78, 5) is 22.8. The van der Waals surface area contributed by atoms with E-state index in [1.54, 1.807) is 0 Å². The van der Waals surface area contributed by atoms with Crippen LogP contribution in [-0.4, -0.2) is 37.9 Å². The number of halogens is 6. The molecule has 0 spiro atoms. The molecule has 11 heteroatoms. The van der Waals surface area contributed by atoms with Crippen LogP contribution in [0.3, 0.4) is 0 Å². The molecule has 1 heterocycles. The third kappa shape index (κ3) is 3.03. The number of hydrogen-bond donors (Lipinski definition) is 0. The van der Waals surface area contributed by atoms with Gasteiger partial charge < -0.3 is 4.74 Å². The van der Waals surface area contributed by atoms with E-state index in [1.165, 1.54) is 7.11 Å². The van der Waals surface area contributed by atoms with Crippen LogP contribution >= 0.6 is 0 Å². The van der Waals surface area contributed by atoms with Crippen molar-refractivity contribution in [3.05, 3.63) is 18.2 Å². The molecule has 0 saturated carbocycles. The van der Waals surface area contributed by atoms with Gasteiger partial charge in [0.2, 0.25) is 0 Å². The Morgan fingerprint density at radius 3 is 1.87 bits per heavy atom. The predicted octanol–water partition coefficient (Wildman–Crippen LogP) is 2.46. The summed E-state index contributed by atoms with van der Waals surface area (Å²) in [6.07, 6.45) is -10.6. The maximum absolute atomic E-state index is 12.6. The molecule has 126 valence electrons. The molecule has 2 rings (SSSR count). The lowest BCUT2D eigenvalue weighted by Crippen LogP contribution is -2.47. The molecule has 23 heavy (non-hydrogen) atoms. The molecule has 2 amide bonds. The third-order valence-corrected chi connectivity index (χ3v) is 3.02. The molecule has 0 bridgehead atoms. The second kappa shape index (κ2) is 5.32. The topological polar surface area (TPSA) is 49.9 Å². The van der Waals surface area contributed by atoms with Crippen molar-refractivity contribution in [2.75, 3.05) is 23.6 Å². The Balaban J connectivity index is 2.51. The van der Waals surface area contributed by atoms with Crippen molar-refractivity contribution in [2.24, 2.45) is 0 Å². The van der Waals surface area contributed by atoms with E-state index in [4.69, 9.17) is 4.74 Å². The summed E-state index contributed by atoms with van der Waals surface area (Å²) in [6, 6.07) is 3.08. The number of hydrogen-bond acceptors (Lipinski definition) is 3. The Morgan fingerprint density at radius 2 is 1.43 bits per heavy atom. The van der Waals surface area contributed by atoms with E-state index in [1.807, 2.05) is 0 Å². The zero-order chi connectivity index (χ0) is 17.6. The average molecular weight is 342 g/mol. The van der Waals surface area contributed by atoms with Gasteiger partial charge in [0.15, 0.2) is 0 Å². The fourth-order valence-electron chi connectivity index (χ4n) is 2.02. The van der Waals surface area contributed by atoms with Gasteiger partial charge in [-0.2, -0.15) is 26.3 Å². The van der Waals surface area contributed by atoms with Gasteiger partial charge in [0.1, 0.15) is 12.4 Å². The predicted molar refractivity (Wildman–Crippen MR) is 64.9 cm³/mol. The lowest BCUT2D eigenvalue weighted by Gasteiger charge is -2.20. The molecular formula is C12H8F6N2O3. The van der Waals surface area contributed by atoms with Crippen LogP contribution in [0.15, 0.2) is 18.2 Å². The first-order valence-corrected chi connectivity index (χ1v) is 5.92. The van der Waals surface area contributed by atoms with E-state index in [-0.39, 0.29) is 15.5 Å². The van der Waals surface area contributed by atoms with Gasteiger partial charge in [-0.25, -0.2) is 0 Å². The first-order valence-electron chi connectivity index (χ1n) is 5.92. The highest BCUT2D eigenvalue weighted by Gasteiger charge is 2.51. The van der Waals surface area contributed by atoms with Crippen LogP contribution in [0.4, 0.5) is 37.7 Å². The van der Waals surface area contributed by atoms with Crippen molar-refractivity contribution in [1.29, 1.82) is 0 Å². The Labute approximate surface area is 125 Å². The SMILES string of the molecule is COc1ccc2c(c1)N(C(=O)C(F)(F)F)CN2C(=O)C(F)(F)F. The summed E-state index contributed by atoms with van der Waals surface area (Å²) in [7, 11) is 1.19. The number of alkyl halides is 6. The number of fused-ring (bicyclic) bond motifs is 1. The molecule has 0 aliphatic carbocycles. The van der Waals surface area contributed by atoms with Gasteiger partial charge >= 0.3 is 24.2 Å². The van der Waals surface area contributed by atoms with Gasteiger partial charge in [0.05, 0.1) is 18.5 Å². The van der Waals surface area contributed by atoms with Crippen LogP contribution in [0.25, 0.3) is 0 Å². The van der Waals surface area contributed by atoms with Gasteiger partial charge in [-0.3, -0.25) is 19.4 Å². The summed E-state index contributed by atoms with van der Waals surface area (Å²) in [5, 5.41) is 0. The summed E-state index contributed by atoms with van der Waals surface area (Å²) < 4.78 is 80.2. The monoisotopic (exact) mass is 342 g/mol. The van der Waals surface area contributed by atoms with E-state index in [9.17, 15) is 35.9 Å². The Morgan fingerprint density at radius 1 is 0.957 bits per heavy atom. The van der Waals surface area contributed by atoms with Gasteiger partial charge in [-0.05, 0) is 12.1 Å². The van der Waals surface area contributed by atoms with E-state index < -0.39 is 42.2 Å². The first-order chi connectivity index (χ1) is 10.5. The summed E-state index contributed by atoms with van der Waals surface area (Å²) in [6.45, 7) is -1.20. The number of anilines is 2. The summed E-state index contributed by atoms with van der Waals surface area (Å²) in [5.74, 6) is -4.74. The van der Waals surface area contributed by atoms with Crippen LogP contribution in [0.1, 0.15) is 0 Å². The minimum Gasteiger partial charge on any atom is -0.497 e. The Kier molecular flexibility index (Phi) is 3.91. The van der Waals surface area contributed by atoms with Gasteiger partial charge in [-0.1, -0.05) is 0 Å². The lowest BCUT2D eigenvalue weighted by atomic mass is 10.2. The molecule has 0 aromatic heterocycles. The fraction of sp³-hybridized carbons (Fsp3) is 0.333. The number of methoxy groups -OCH3 is 1. The molecule has 1 aromatic rings. The van der Waals surface area contributed by atoms with E-state index in [2.05, 4.69) is 0 Å². The van der Waals surface area contributed by atoms with Crippen LogP contribution in [0.5, 0.6) is 5.75 Å². The Hall–Kier alpha value is -2.46. The fourth-order valence-corrected chi connectivity index (χ4v) is 2.02. The van der Waals surface area contributed by atoms with Crippen molar-refractivity contribution < 1.29 is 40.7 Å². The molecule has 0 saturated heterocycles. The number of carbonyl (C=O) groups is 2. The van der Waals surface area contributed by atoms with Gasteiger partial charge in [0.25, 0.3) is 0 Å². The van der Waals surface area contributed by atoms with Gasteiger partial charge in [-0.15, -0.1) is 0 Å². The number of carbonyl (C=O) groups excluding carboxylic acids is 2. The van der Waals surface area contributed by atoms with Gasteiger partial charge in [0, 0.05) is 6.07 Å². The number of nitrogens with zero attached hydrogens (tertiary/aromatic N) is 2. The van der Waals surface area contributed by atoms with E-state index >= 15 is 0 Å². The summed E-state index contributed by atoms with van der Waals surface area (Å²) >= 11 is 0. The molecule has 0 fully saturated rings. The minimum absolute atomic E-state index is 0.0185. The lowest BCUT2D eigenvalue weighted by molar-refractivity contribution is -0.172. The zero-order valence-electron chi connectivity index (χ0n) is 11.3. The second-order valence-corrected chi connectivity index (χ2v) is 4.46. The van der Waals surface area contributed by atoms with Crippen molar-refractivity contribution in [2.45, 2.75) is 12.4 Å². The van der Waals surface area contributed by atoms with Crippen molar-refractivity contribution in [3.63, 3.8) is 0 Å². The van der Waals surface area contributed by atoms with Crippen molar-refractivity contribution in [1.82, 2.24) is 0 Å². The van der Waals surface area contributed by atoms with Crippen LogP contribution < -0.4 is 14.5 Å². The molecule has 5 nitrogen and oxygen atoms in total. The molecule has 1 aliphatic heterocycles. The first kappa shape index (κ1) is 16.9. The number of benzene rings is 1. The highest BCUT2D eigenvalue weighted by molar-refractivity contribution is 6.10.